The molecule has 1 amide bonds. The second-order valence-corrected chi connectivity index (χ2v) is 7.72. The molecule has 0 atom stereocenters. The van der Waals surface area contributed by atoms with Gasteiger partial charge in [0.05, 0.1) is 17.5 Å². The second-order valence-electron chi connectivity index (χ2n) is 7.31. The van der Waals surface area contributed by atoms with Gasteiger partial charge in [-0.3, -0.25) is 4.79 Å². The van der Waals surface area contributed by atoms with E-state index in [0.717, 1.165) is 29.0 Å². The van der Waals surface area contributed by atoms with Gasteiger partial charge in [0, 0.05) is 24.5 Å². The number of fused-ring (bicyclic) bond motifs is 1. The second kappa shape index (κ2) is 10.1. The van der Waals surface area contributed by atoms with Crippen LogP contribution in [0, 0.1) is 0 Å². The molecule has 0 saturated carbocycles. The molecule has 0 radical (unpaired) electrons. The van der Waals surface area contributed by atoms with E-state index >= 15 is 0 Å². The van der Waals surface area contributed by atoms with E-state index in [9.17, 15) is 4.79 Å². The van der Waals surface area contributed by atoms with Crippen LogP contribution >= 0.6 is 11.6 Å². The van der Waals surface area contributed by atoms with Crippen molar-refractivity contribution in [3.05, 3.63) is 107 Å². The Kier molecular flexibility index (Phi) is 6.80. The smallest absolute Gasteiger partial charge is 0.224 e. The van der Waals surface area contributed by atoms with Gasteiger partial charge in [0.1, 0.15) is 5.82 Å². The minimum Gasteiger partial charge on any atom is -0.355 e. The van der Waals surface area contributed by atoms with Crippen LogP contribution in [0.15, 0.2) is 84.9 Å². The average molecular weight is 430 g/mol. The molecule has 0 spiro atoms. The summed E-state index contributed by atoms with van der Waals surface area (Å²) in [5, 5.41) is 3.61. The van der Waals surface area contributed by atoms with Crippen molar-refractivity contribution in [2.45, 2.75) is 19.4 Å². The number of halogens is 1. The number of amides is 1. The number of benzene rings is 3. The number of carbonyl (C=O) groups is 1. The first kappa shape index (κ1) is 20.9. The lowest BCUT2D eigenvalue weighted by Crippen LogP contribution is -2.28. The van der Waals surface area contributed by atoms with Crippen LogP contribution in [0.5, 0.6) is 0 Å². The normalized spacial score (nSPS) is 11.3. The van der Waals surface area contributed by atoms with Gasteiger partial charge in [-0.2, -0.15) is 0 Å². The molecule has 0 unspecified atom stereocenters. The highest BCUT2D eigenvalue weighted by molar-refractivity contribution is 6.31. The first-order valence-electron chi connectivity index (χ1n) is 10.4. The molecule has 3 aromatic carbocycles. The number of hydrogen-bond donors (Lipinski definition) is 1. The van der Waals surface area contributed by atoms with Crippen LogP contribution in [0.2, 0.25) is 5.02 Å². The Morgan fingerprint density at radius 3 is 2.55 bits per heavy atom. The predicted molar refractivity (Wildman–Crippen MR) is 127 cm³/mol. The van der Waals surface area contributed by atoms with Crippen LogP contribution in [-0.2, 0) is 24.2 Å². The largest absolute Gasteiger partial charge is 0.355 e. The maximum Gasteiger partial charge on any atom is 0.224 e. The van der Waals surface area contributed by atoms with E-state index in [0.29, 0.717) is 18.0 Å². The highest BCUT2D eigenvalue weighted by Gasteiger charge is 2.11. The molecule has 31 heavy (non-hydrogen) atoms. The van der Waals surface area contributed by atoms with Gasteiger partial charge in [-0.15, -0.1) is 0 Å². The zero-order valence-corrected chi connectivity index (χ0v) is 17.9. The summed E-state index contributed by atoms with van der Waals surface area (Å²) in [4.78, 5) is 17.1. The van der Waals surface area contributed by atoms with Crippen molar-refractivity contribution in [1.82, 2.24) is 14.9 Å². The Hall–Kier alpha value is -3.37. The number of nitrogens with one attached hydrogen (secondary N) is 1. The molecule has 1 aromatic heterocycles. The van der Waals surface area contributed by atoms with E-state index in [-0.39, 0.29) is 12.3 Å². The van der Waals surface area contributed by atoms with Crippen LogP contribution < -0.4 is 5.32 Å². The van der Waals surface area contributed by atoms with Crippen LogP contribution in [0.3, 0.4) is 0 Å². The molecule has 0 saturated heterocycles. The highest BCUT2D eigenvalue weighted by Crippen LogP contribution is 2.17. The third kappa shape index (κ3) is 5.41. The van der Waals surface area contributed by atoms with Gasteiger partial charge < -0.3 is 9.88 Å². The van der Waals surface area contributed by atoms with E-state index in [1.807, 2.05) is 54.6 Å². The Balaban J connectivity index is 1.42. The fourth-order valence-electron chi connectivity index (χ4n) is 3.57. The molecular weight excluding hydrogens is 406 g/mol. The predicted octanol–water partition coefficient (Wildman–Crippen LogP) is 5.30. The van der Waals surface area contributed by atoms with Crippen LogP contribution in [0.25, 0.3) is 17.1 Å². The lowest BCUT2D eigenvalue weighted by molar-refractivity contribution is -0.120. The van der Waals surface area contributed by atoms with E-state index in [4.69, 9.17) is 16.6 Å². The Bertz CT molecular complexity index is 1200. The van der Waals surface area contributed by atoms with Crippen molar-refractivity contribution < 1.29 is 4.79 Å². The third-order valence-corrected chi connectivity index (χ3v) is 5.48. The number of hydrogen-bond acceptors (Lipinski definition) is 2. The van der Waals surface area contributed by atoms with Crippen LogP contribution in [0.4, 0.5) is 0 Å². The Morgan fingerprint density at radius 2 is 1.71 bits per heavy atom. The molecule has 4 rings (SSSR count). The summed E-state index contributed by atoms with van der Waals surface area (Å²) in [6, 6.07) is 25.8. The number of allylic oxidation sites excluding steroid dienone is 1. The van der Waals surface area contributed by atoms with Gasteiger partial charge in [0.2, 0.25) is 5.91 Å². The topological polar surface area (TPSA) is 46.9 Å². The van der Waals surface area contributed by atoms with Gasteiger partial charge in [0.15, 0.2) is 0 Å². The van der Waals surface area contributed by atoms with Crippen molar-refractivity contribution in [3.63, 3.8) is 0 Å². The quantitative estimate of drug-likeness (QED) is 0.413. The van der Waals surface area contributed by atoms with E-state index < -0.39 is 0 Å². The van der Waals surface area contributed by atoms with Crippen LogP contribution in [-0.4, -0.2) is 22.0 Å². The van der Waals surface area contributed by atoms with Crippen molar-refractivity contribution in [2.75, 3.05) is 6.54 Å². The fraction of sp³-hybridized carbons (Fsp3) is 0.154. The molecule has 1 heterocycles. The third-order valence-electron chi connectivity index (χ3n) is 5.11. The molecule has 0 bridgehead atoms. The standard InChI is InChI=1S/C26H24ClN3O/c27-22-13-5-4-12-21(22)19-26(31)28-17-16-25-29-23-14-6-7-15-24(23)30(25)18-8-11-20-9-2-1-3-10-20/h1-15H,16-19H2,(H,28,31)/b11-8+. The summed E-state index contributed by atoms with van der Waals surface area (Å²) in [5.74, 6) is 0.914. The number of carbonyl (C=O) groups excluding carboxylic acids is 1. The van der Waals surface area contributed by atoms with Gasteiger partial charge in [-0.25, -0.2) is 4.98 Å². The molecule has 0 aliphatic heterocycles. The summed E-state index contributed by atoms with van der Waals surface area (Å²) in [5.41, 5.74) is 4.06. The molecule has 156 valence electrons. The number of aromatic nitrogens is 2. The van der Waals surface area contributed by atoms with Crippen molar-refractivity contribution in [3.8, 4) is 0 Å². The van der Waals surface area contributed by atoms with Gasteiger partial charge in [-0.1, -0.05) is 84.4 Å². The maximum absolute atomic E-state index is 12.3. The van der Waals surface area contributed by atoms with E-state index in [1.165, 1.54) is 5.56 Å². The Labute approximate surface area is 187 Å². The van der Waals surface area contributed by atoms with Gasteiger partial charge in [0.25, 0.3) is 0 Å². The molecular formula is C26H24ClN3O. The molecule has 4 nitrogen and oxygen atoms in total. The molecule has 0 fully saturated rings. The zero-order chi connectivity index (χ0) is 21.5. The molecule has 0 aliphatic rings. The maximum atomic E-state index is 12.3. The lowest BCUT2D eigenvalue weighted by atomic mass is 10.1. The first-order chi connectivity index (χ1) is 15.2. The number of imidazole rings is 1. The van der Waals surface area contributed by atoms with Crippen LogP contribution in [0.1, 0.15) is 17.0 Å². The molecule has 0 aliphatic carbocycles. The minimum absolute atomic E-state index is 0.0419. The van der Waals surface area contributed by atoms with Crippen molar-refractivity contribution in [1.29, 1.82) is 0 Å². The van der Waals surface area contributed by atoms with Crippen molar-refractivity contribution >= 4 is 34.6 Å². The first-order valence-corrected chi connectivity index (χ1v) is 10.7. The van der Waals surface area contributed by atoms with Gasteiger partial charge in [-0.05, 0) is 29.3 Å². The summed E-state index contributed by atoms with van der Waals surface area (Å²) < 4.78 is 2.20. The number of nitrogens with zero attached hydrogens (tertiary/aromatic N) is 2. The molecule has 5 heteroatoms. The SMILES string of the molecule is O=C(Cc1ccccc1Cl)NCCc1nc2ccccc2n1C/C=C/c1ccccc1. The van der Waals surface area contributed by atoms with Gasteiger partial charge >= 0.3 is 0 Å². The zero-order valence-electron chi connectivity index (χ0n) is 17.2. The summed E-state index contributed by atoms with van der Waals surface area (Å²) in [7, 11) is 0. The molecule has 1 N–H and O–H groups in total. The van der Waals surface area contributed by atoms with E-state index in [2.05, 4.69) is 40.2 Å². The minimum atomic E-state index is -0.0419. The average Bonchev–Trinajstić information content (AvgIpc) is 3.14. The highest BCUT2D eigenvalue weighted by atomic mass is 35.5. The number of para-hydroxylation sites is 2. The monoisotopic (exact) mass is 429 g/mol. The van der Waals surface area contributed by atoms with E-state index in [1.54, 1.807) is 6.07 Å². The lowest BCUT2D eigenvalue weighted by Gasteiger charge is -2.09. The number of rotatable bonds is 8. The summed E-state index contributed by atoms with van der Waals surface area (Å²) in [6.07, 6.45) is 5.19. The fourth-order valence-corrected chi connectivity index (χ4v) is 3.77. The van der Waals surface area contributed by atoms with Crippen molar-refractivity contribution in [2.24, 2.45) is 0 Å². The molecule has 4 aromatic rings. The summed E-state index contributed by atoms with van der Waals surface area (Å²) in [6.45, 7) is 1.24. The summed E-state index contributed by atoms with van der Waals surface area (Å²) >= 11 is 6.16. The Morgan fingerprint density at radius 1 is 0.968 bits per heavy atom.